The first-order valence-corrected chi connectivity index (χ1v) is 15.9. The Bertz CT molecular complexity index is 1040. The number of thiol groups is 1. The fourth-order valence-electron chi connectivity index (χ4n) is 4.17. The summed E-state index contributed by atoms with van der Waals surface area (Å²) < 4.78 is 0. The molecule has 19 heteroatoms. The number of unbranched alkanes of at least 4 members (excludes halogenated alkanes) is 1. The zero-order chi connectivity index (χ0) is 35.2. The van der Waals surface area contributed by atoms with E-state index in [1.807, 2.05) is 13.8 Å². The minimum absolute atomic E-state index is 0.0441. The van der Waals surface area contributed by atoms with Crippen LogP contribution in [0, 0.1) is 5.92 Å². The number of nitrogens with two attached hydrogens (primary N) is 6. The van der Waals surface area contributed by atoms with Crippen LogP contribution in [-0.2, 0) is 24.0 Å². The number of aliphatic carboxylic acids is 1. The Kier molecular flexibility index (Phi) is 21.5. The molecule has 0 fully saturated rings. The average Bonchev–Trinajstić information content (AvgIpc) is 2.97. The lowest BCUT2D eigenvalue weighted by atomic mass is 10.0. The number of guanidine groups is 2. The van der Waals surface area contributed by atoms with Crippen molar-refractivity contribution in [3.63, 3.8) is 0 Å². The van der Waals surface area contributed by atoms with E-state index in [0.29, 0.717) is 32.2 Å². The van der Waals surface area contributed by atoms with E-state index in [9.17, 15) is 29.1 Å². The molecule has 5 atom stereocenters. The number of carboxylic acids is 1. The summed E-state index contributed by atoms with van der Waals surface area (Å²) in [6.45, 7) is 4.47. The molecule has 0 heterocycles. The van der Waals surface area contributed by atoms with E-state index in [2.05, 4.69) is 43.9 Å². The van der Waals surface area contributed by atoms with Crippen molar-refractivity contribution in [1.29, 1.82) is 0 Å². The molecule has 0 saturated heterocycles. The molecule has 0 aromatic carbocycles. The molecule has 0 spiro atoms. The van der Waals surface area contributed by atoms with Crippen molar-refractivity contribution in [2.24, 2.45) is 50.3 Å². The highest BCUT2D eigenvalue weighted by Gasteiger charge is 2.31. The van der Waals surface area contributed by atoms with Crippen LogP contribution in [0.15, 0.2) is 9.98 Å². The predicted molar refractivity (Wildman–Crippen MR) is 179 cm³/mol. The molecule has 264 valence electrons. The molecule has 0 bridgehead atoms. The summed E-state index contributed by atoms with van der Waals surface area (Å²) >= 11 is 4.20. The maximum absolute atomic E-state index is 13.3. The van der Waals surface area contributed by atoms with Gasteiger partial charge in [0.1, 0.15) is 24.2 Å². The minimum Gasteiger partial charge on any atom is -0.480 e. The quantitative estimate of drug-likeness (QED) is 0.0206. The molecule has 0 rings (SSSR count). The molecule has 0 aliphatic rings. The van der Waals surface area contributed by atoms with Gasteiger partial charge in [0.15, 0.2) is 11.9 Å². The predicted octanol–water partition coefficient (Wildman–Crippen LogP) is -3.45. The van der Waals surface area contributed by atoms with Crippen LogP contribution in [0.5, 0.6) is 0 Å². The van der Waals surface area contributed by atoms with Gasteiger partial charge >= 0.3 is 5.97 Å². The van der Waals surface area contributed by atoms with E-state index >= 15 is 0 Å². The first-order valence-electron chi connectivity index (χ1n) is 15.2. The maximum atomic E-state index is 13.3. The van der Waals surface area contributed by atoms with Gasteiger partial charge in [0.2, 0.25) is 23.6 Å². The van der Waals surface area contributed by atoms with Gasteiger partial charge in [-0.1, -0.05) is 20.3 Å². The van der Waals surface area contributed by atoms with Crippen LogP contribution in [0.3, 0.4) is 0 Å². The van der Waals surface area contributed by atoms with Gasteiger partial charge in [-0.2, -0.15) is 12.6 Å². The van der Waals surface area contributed by atoms with Crippen LogP contribution in [0.2, 0.25) is 0 Å². The number of aliphatic imine (C=N–C) groups is 2. The molecule has 0 unspecified atom stereocenters. The van der Waals surface area contributed by atoms with Gasteiger partial charge in [-0.25, -0.2) is 4.79 Å². The topological polar surface area (TPSA) is 335 Å². The van der Waals surface area contributed by atoms with Crippen LogP contribution >= 0.6 is 12.6 Å². The molecule has 0 radical (unpaired) electrons. The van der Waals surface area contributed by atoms with Crippen LogP contribution in [0.25, 0.3) is 0 Å². The number of carboxylic acid groups (broad SMARTS) is 1. The molecule has 18 nitrogen and oxygen atoms in total. The number of hydrogen-bond donors (Lipinski definition) is 12. The summed E-state index contributed by atoms with van der Waals surface area (Å²) in [5, 5.41) is 19.8. The normalized spacial score (nSPS) is 14.1. The summed E-state index contributed by atoms with van der Waals surface area (Å²) in [5.41, 5.74) is 32.8. The molecule has 0 aromatic heterocycles. The molecule has 0 aliphatic carbocycles. The van der Waals surface area contributed by atoms with Crippen molar-refractivity contribution in [2.45, 2.75) is 95.4 Å². The second-order valence-corrected chi connectivity index (χ2v) is 11.5. The van der Waals surface area contributed by atoms with Crippen molar-refractivity contribution >= 4 is 54.1 Å². The molecule has 4 amide bonds. The molecule has 17 N–H and O–H groups in total. The molecule has 0 aromatic rings. The lowest BCUT2D eigenvalue weighted by Crippen LogP contribution is -2.59. The first kappa shape index (κ1) is 42.2. The van der Waals surface area contributed by atoms with E-state index in [4.69, 9.17) is 34.4 Å². The van der Waals surface area contributed by atoms with Crippen molar-refractivity contribution in [2.75, 3.05) is 25.4 Å². The van der Waals surface area contributed by atoms with Crippen molar-refractivity contribution < 1.29 is 29.1 Å². The maximum Gasteiger partial charge on any atom is 0.326 e. The summed E-state index contributed by atoms with van der Waals surface area (Å²) in [6.07, 6.45) is 2.64. The molecular formula is C27H54N12O6S. The van der Waals surface area contributed by atoms with Crippen molar-refractivity contribution in [3.05, 3.63) is 0 Å². The summed E-state index contributed by atoms with van der Waals surface area (Å²) in [5.74, 6) is -4.42. The van der Waals surface area contributed by atoms with E-state index in [0.717, 1.165) is 0 Å². The largest absolute Gasteiger partial charge is 0.480 e. The highest BCUT2D eigenvalue weighted by molar-refractivity contribution is 7.80. The second-order valence-electron chi connectivity index (χ2n) is 11.2. The number of hydrogen-bond acceptors (Lipinski definition) is 10. The molecule has 46 heavy (non-hydrogen) atoms. The fourth-order valence-corrected chi connectivity index (χ4v) is 4.42. The van der Waals surface area contributed by atoms with Gasteiger partial charge in [-0.3, -0.25) is 29.2 Å². The van der Waals surface area contributed by atoms with Gasteiger partial charge in [-0.05, 0) is 57.4 Å². The number of nitrogens with zero attached hydrogens (tertiary/aromatic N) is 2. The highest BCUT2D eigenvalue weighted by Crippen LogP contribution is 2.09. The van der Waals surface area contributed by atoms with Crippen LogP contribution in [0.1, 0.15) is 65.2 Å². The molecular weight excluding hydrogens is 620 g/mol. The summed E-state index contributed by atoms with van der Waals surface area (Å²) in [6, 6.07) is -5.53. The van der Waals surface area contributed by atoms with E-state index in [-0.39, 0.29) is 62.4 Å². The highest BCUT2D eigenvalue weighted by atomic mass is 32.1. The summed E-state index contributed by atoms with van der Waals surface area (Å²) in [4.78, 5) is 71.9. The van der Waals surface area contributed by atoms with Crippen molar-refractivity contribution in [3.8, 4) is 0 Å². The third kappa shape index (κ3) is 18.8. The smallest absolute Gasteiger partial charge is 0.326 e. The lowest BCUT2D eigenvalue weighted by molar-refractivity contribution is -0.142. The number of carbonyl (C=O) groups excluding carboxylic acids is 4. The van der Waals surface area contributed by atoms with Crippen LogP contribution in [-0.4, -0.2) is 102 Å². The second kappa shape index (κ2) is 23.5. The van der Waals surface area contributed by atoms with E-state index in [1.54, 1.807) is 0 Å². The van der Waals surface area contributed by atoms with Gasteiger partial charge in [0, 0.05) is 18.8 Å². The van der Waals surface area contributed by atoms with Gasteiger partial charge in [0.25, 0.3) is 0 Å². The third-order valence-electron chi connectivity index (χ3n) is 6.60. The van der Waals surface area contributed by atoms with E-state index < -0.39 is 59.8 Å². The molecule has 0 aliphatic heterocycles. The Morgan fingerprint density at radius 3 is 1.61 bits per heavy atom. The number of amides is 4. The zero-order valence-corrected chi connectivity index (χ0v) is 27.6. The van der Waals surface area contributed by atoms with Gasteiger partial charge < -0.3 is 60.8 Å². The Morgan fingerprint density at radius 2 is 1.13 bits per heavy atom. The SMILES string of the molecule is CC(C)C[C@H](NC(=O)[C@H](CS)NC(=O)[C@H](CCCN=C(N)N)NC(=O)[C@@H](N)CCCCN)C(=O)N[C@@H](CCCN=C(N)N)C(=O)O. The monoisotopic (exact) mass is 674 g/mol. The van der Waals surface area contributed by atoms with Crippen LogP contribution in [0.4, 0.5) is 0 Å². The fraction of sp³-hybridized carbons (Fsp3) is 0.741. The zero-order valence-electron chi connectivity index (χ0n) is 26.7. The Balaban J connectivity index is 5.66. The minimum atomic E-state index is -1.26. The molecule has 0 saturated carbocycles. The van der Waals surface area contributed by atoms with Gasteiger partial charge in [0.05, 0.1) is 6.04 Å². The Labute approximate surface area is 275 Å². The van der Waals surface area contributed by atoms with Gasteiger partial charge in [-0.15, -0.1) is 0 Å². The average molecular weight is 675 g/mol. The lowest BCUT2D eigenvalue weighted by Gasteiger charge is -2.26. The number of rotatable bonds is 24. The first-order chi connectivity index (χ1) is 21.6. The number of nitrogens with one attached hydrogen (secondary N) is 4. The van der Waals surface area contributed by atoms with E-state index in [1.165, 1.54) is 0 Å². The Morgan fingerprint density at radius 1 is 0.674 bits per heavy atom. The third-order valence-corrected chi connectivity index (χ3v) is 6.96. The van der Waals surface area contributed by atoms with Crippen LogP contribution < -0.4 is 55.7 Å². The number of carbonyl (C=O) groups is 5. The summed E-state index contributed by atoms with van der Waals surface area (Å²) in [7, 11) is 0. The standard InChI is InChI=1S/C27H54N12O6S/c1-15(2)13-19(23(42)37-18(25(44)45)9-6-12-35-27(32)33)38-24(43)20(14-46)39-22(41)17(8-5-11-34-26(30)31)36-21(40)16(29)7-3-4-10-28/h15-20,46H,3-14,28-29H2,1-2H3,(H,36,40)(H,37,42)(H,38,43)(H,39,41)(H,44,45)(H4,30,31,34)(H4,32,33,35)/t16-,17-,18-,19-,20-/m0/s1. The van der Waals surface area contributed by atoms with Crippen molar-refractivity contribution in [1.82, 2.24) is 21.3 Å². The Hall–Kier alpha value is -3.84.